The minimum absolute atomic E-state index is 0.125. The SMILES string of the molecule is OCCOCC1CCN(Cc2ccccc2)C1. The summed E-state index contributed by atoms with van der Waals surface area (Å²) in [6.45, 7) is 4.68. The van der Waals surface area contributed by atoms with Crippen molar-refractivity contribution in [2.45, 2.75) is 13.0 Å². The van der Waals surface area contributed by atoms with E-state index in [0.717, 1.165) is 26.2 Å². The number of benzene rings is 1. The lowest BCUT2D eigenvalue weighted by molar-refractivity contribution is 0.0691. The van der Waals surface area contributed by atoms with Crippen LogP contribution in [0, 0.1) is 5.92 Å². The summed E-state index contributed by atoms with van der Waals surface area (Å²) in [7, 11) is 0. The molecule has 0 aliphatic carbocycles. The van der Waals surface area contributed by atoms with Crippen LogP contribution in [-0.4, -0.2) is 42.9 Å². The van der Waals surface area contributed by atoms with Crippen LogP contribution in [0.1, 0.15) is 12.0 Å². The molecule has 0 saturated carbocycles. The van der Waals surface area contributed by atoms with Crippen LogP contribution in [0.15, 0.2) is 30.3 Å². The topological polar surface area (TPSA) is 32.7 Å². The monoisotopic (exact) mass is 235 g/mol. The third-order valence-corrected chi connectivity index (χ3v) is 3.21. The van der Waals surface area contributed by atoms with E-state index in [1.165, 1.54) is 12.0 Å². The fourth-order valence-corrected chi connectivity index (χ4v) is 2.35. The standard InChI is InChI=1S/C14H21NO2/c16-8-9-17-12-14-6-7-15(11-14)10-13-4-2-1-3-5-13/h1-5,14,16H,6-12H2. The summed E-state index contributed by atoms with van der Waals surface area (Å²) in [5.74, 6) is 0.630. The number of likely N-dealkylation sites (tertiary alicyclic amines) is 1. The molecule has 94 valence electrons. The van der Waals surface area contributed by atoms with E-state index in [-0.39, 0.29) is 6.61 Å². The molecule has 1 aliphatic rings. The summed E-state index contributed by atoms with van der Waals surface area (Å²) in [6.07, 6.45) is 1.21. The molecule has 1 aliphatic heterocycles. The molecule has 1 aromatic rings. The Bertz CT molecular complexity index is 315. The molecule has 0 aromatic heterocycles. The highest BCUT2D eigenvalue weighted by molar-refractivity contribution is 5.14. The predicted octanol–water partition coefficient (Wildman–Crippen LogP) is 1.52. The Labute approximate surface area is 103 Å². The van der Waals surface area contributed by atoms with Crippen molar-refractivity contribution in [2.75, 3.05) is 32.9 Å². The molecule has 2 rings (SSSR count). The summed E-state index contributed by atoms with van der Waals surface area (Å²) in [6, 6.07) is 10.6. The maximum Gasteiger partial charge on any atom is 0.0697 e. The van der Waals surface area contributed by atoms with Gasteiger partial charge in [0.25, 0.3) is 0 Å². The average Bonchev–Trinajstić information content (AvgIpc) is 2.79. The second-order valence-corrected chi connectivity index (χ2v) is 4.67. The van der Waals surface area contributed by atoms with Gasteiger partial charge in [-0.1, -0.05) is 30.3 Å². The number of hydrogen-bond donors (Lipinski definition) is 1. The summed E-state index contributed by atoms with van der Waals surface area (Å²) in [5, 5.41) is 8.65. The Balaban J connectivity index is 1.71. The van der Waals surface area contributed by atoms with Crippen LogP contribution in [-0.2, 0) is 11.3 Å². The Hall–Kier alpha value is -0.900. The average molecular weight is 235 g/mol. The van der Waals surface area contributed by atoms with Gasteiger partial charge < -0.3 is 9.84 Å². The fourth-order valence-electron chi connectivity index (χ4n) is 2.35. The van der Waals surface area contributed by atoms with Crippen LogP contribution >= 0.6 is 0 Å². The number of ether oxygens (including phenoxy) is 1. The van der Waals surface area contributed by atoms with Gasteiger partial charge in [0.1, 0.15) is 0 Å². The zero-order valence-corrected chi connectivity index (χ0v) is 10.2. The van der Waals surface area contributed by atoms with Crippen LogP contribution < -0.4 is 0 Å². The van der Waals surface area contributed by atoms with Crippen molar-refractivity contribution in [1.29, 1.82) is 0 Å². The molecule has 17 heavy (non-hydrogen) atoms. The highest BCUT2D eigenvalue weighted by atomic mass is 16.5. The van der Waals surface area contributed by atoms with Gasteiger partial charge in [0.2, 0.25) is 0 Å². The summed E-state index contributed by atoms with van der Waals surface area (Å²) in [5.41, 5.74) is 1.38. The van der Waals surface area contributed by atoms with Crippen LogP contribution in [0.3, 0.4) is 0 Å². The van der Waals surface area contributed by atoms with Crippen molar-refractivity contribution in [3.05, 3.63) is 35.9 Å². The van der Waals surface area contributed by atoms with Gasteiger partial charge in [-0.3, -0.25) is 4.90 Å². The van der Waals surface area contributed by atoms with Crippen molar-refractivity contribution >= 4 is 0 Å². The normalized spacial score (nSPS) is 20.9. The molecule has 0 bridgehead atoms. The molecule has 1 fully saturated rings. The van der Waals surface area contributed by atoms with E-state index < -0.39 is 0 Å². The number of aliphatic hydroxyl groups excluding tert-OH is 1. The summed E-state index contributed by atoms with van der Waals surface area (Å²) < 4.78 is 5.39. The molecular weight excluding hydrogens is 214 g/mol. The van der Waals surface area contributed by atoms with Crippen molar-refractivity contribution in [3.8, 4) is 0 Å². The van der Waals surface area contributed by atoms with E-state index in [9.17, 15) is 0 Å². The second-order valence-electron chi connectivity index (χ2n) is 4.67. The lowest BCUT2D eigenvalue weighted by atomic mass is 10.1. The minimum atomic E-state index is 0.125. The molecule has 3 nitrogen and oxygen atoms in total. The zero-order valence-electron chi connectivity index (χ0n) is 10.2. The summed E-state index contributed by atoms with van der Waals surface area (Å²) >= 11 is 0. The maximum absolute atomic E-state index is 8.65. The number of rotatable bonds is 6. The molecule has 3 heteroatoms. The third kappa shape index (κ3) is 4.11. The predicted molar refractivity (Wildman–Crippen MR) is 67.7 cm³/mol. The van der Waals surface area contributed by atoms with Crippen molar-refractivity contribution < 1.29 is 9.84 Å². The molecular formula is C14H21NO2. The third-order valence-electron chi connectivity index (χ3n) is 3.21. The van der Waals surface area contributed by atoms with Crippen LogP contribution in [0.2, 0.25) is 0 Å². The number of aliphatic hydroxyl groups is 1. The van der Waals surface area contributed by atoms with Gasteiger partial charge in [-0.25, -0.2) is 0 Å². The maximum atomic E-state index is 8.65. The first kappa shape index (κ1) is 12.6. The van der Waals surface area contributed by atoms with Gasteiger partial charge in [-0.2, -0.15) is 0 Å². The lowest BCUT2D eigenvalue weighted by Gasteiger charge is -2.16. The van der Waals surface area contributed by atoms with Crippen LogP contribution in [0.4, 0.5) is 0 Å². The van der Waals surface area contributed by atoms with E-state index in [4.69, 9.17) is 9.84 Å². The molecule has 1 aromatic carbocycles. The molecule has 1 saturated heterocycles. The zero-order chi connectivity index (χ0) is 11.9. The Morgan fingerprint density at radius 3 is 2.88 bits per heavy atom. The molecule has 0 amide bonds. The minimum Gasteiger partial charge on any atom is -0.394 e. The van der Waals surface area contributed by atoms with Crippen molar-refractivity contribution in [3.63, 3.8) is 0 Å². The van der Waals surface area contributed by atoms with Gasteiger partial charge in [0, 0.05) is 13.1 Å². The van der Waals surface area contributed by atoms with Crippen LogP contribution in [0.25, 0.3) is 0 Å². The summed E-state index contributed by atoms with van der Waals surface area (Å²) in [4.78, 5) is 2.47. The first-order valence-electron chi connectivity index (χ1n) is 6.33. The molecule has 1 atom stereocenters. The molecule has 1 heterocycles. The highest BCUT2D eigenvalue weighted by Gasteiger charge is 2.22. The molecule has 0 spiro atoms. The van der Waals surface area contributed by atoms with E-state index in [1.807, 2.05) is 0 Å². The van der Waals surface area contributed by atoms with Gasteiger partial charge in [-0.15, -0.1) is 0 Å². The molecule has 1 N–H and O–H groups in total. The van der Waals surface area contributed by atoms with Gasteiger partial charge >= 0.3 is 0 Å². The van der Waals surface area contributed by atoms with Crippen LogP contribution in [0.5, 0.6) is 0 Å². The lowest BCUT2D eigenvalue weighted by Crippen LogP contribution is -2.21. The molecule has 0 radical (unpaired) electrons. The van der Waals surface area contributed by atoms with Gasteiger partial charge in [-0.05, 0) is 24.4 Å². The van der Waals surface area contributed by atoms with Gasteiger partial charge in [0.05, 0.1) is 19.8 Å². The smallest absolute Gasteiger partial charge is 0.0697 e. The Morgan fingerprint density at radius 1 is 1.29 bits per heavy atom. The number of nitrogens with zero attached hydrogens (tertiary/aromatic N) is 1. The highest BCUT2D eigenvalue weighted by Crippen LogP contribution is 2.18. The quantitative estimate of drug-likeness (QED) is 0.759. The van der Waals surface area contributed by atoms with Gasteiger partial charge in [0.15, 0.2) is 0 Å². The van der Waals surface area contributed by atoms with Crippen molar-refractivity contribution in [1.82, 2.24) is 4.90 Å². The number of hydrogen-bond acceptors (Lipinski definition) is 3. The molecule has 1 unspecified atom stereocenters. The van der Waals surface area contributed by atoms with E-state index in [0.29, 0.717) is 12.5 Å². The van der Waals surface area contributed by atoms with E-state index >= 15 is 0 Å². The van der Waals surface area contributed by atoms with Crippen molar-refractivity contribution in [2.24, 2.45) is 5.92 Å². The fraction of sp³-hybridized carbons (Fsp3) is 0.571. The Morgan fingerprint density at radius 2 is 2.12 bits per heavy atom. The first-order chi connectivity index (χ1) is 8.38. The largest absolute Gasteiger partial charge is 0.394 e. The van der Waals surface area contributed by atoms with E-state index in [2.05, 4.69) is 35.2 Å². The Kier molecular flexibility index (Phi) is 4.98. The first-order valence-corrected chi connectivity index (χ1v) is 6.33. The van der Waals surface area contributed by atoms with E-state index in [1.54, 1.807) is 0 Å². The second kappa shape index (κ2) is 6.74.